The number of fused-ring (bicyclic) bond motifs is 1. The largest absolute Gasteiger partial charge is 0.346 e. The van der Waals surface area contributed by atoms with Crippen LogP contribution in [0.15, 0.2) is 48.5 Å². The van der Waals surface area contributed by atoms with Crippen LogP contribution in [0.25, 0.3) is 11.0 Å². The molecule has 2 aromatic carbocycles. The third-order valence-corrected chi connectivity index (χ3v) is 5.69. The normalized spacial score (nSPS) is 12.0. The van der Waals surface area contributed by atoms with Gasteiger partial charge in [0.1, 0.15) is 12.4 Å². The van der Waals surface area contributed by atoms with Crippen molar-refractivity contribution in [3.05, 3.63) is 65.5 Å². The molecule has 0 saturated carbocycles. The van der Waals surface area contributed by atoms with Crippen molar-refractivity contribution in [3.8, 4) is 0 Å². The first-order chi connectivity index (χ1) is 15.4. The van der Waals surface area contributed by atoms with Crippen molar-refractivity contribution in [2.75, 3.05) is 13.1 Å². The van der Waals surface area contributed by atoms with E-state index < -0.39 is 0 Å². The summed E-state index contributed by atoms with van der Waals surface area (Å²) in [7, 11) is 0. The third-order valence-electron chi connectivity index (χ3n) is 5.69. The number of para-hydroxylation sites is 2. The summed E-state index contributed by atoms with van der Waals surface area (Å²) in [5.74, 6) is 0.720. The molecule has 2 amide bonds. The Morgan fingerprint density at radius 1 is 1.03 bits per heavy atom. The molecule has 6 nitrogen and oxygen atoms in total. The van der Waals surface area contributed by atoms with Gasteiger partial charge in [0.15, 0.2) is 0 Å². The molecule has 3 aromatic rings. The van der Waals surface area contributed by atoms with Crippen LogP contribution in [0, 0.1) is 6.92 Å². The maximum atomic E-state index is 13.1. The average Bonchev–Trinajstić information content (AvgIpc) is 3.14. The summed E-state index contributed by atoms with van der Waals surface area (Å²) in [6.07, 6.45) is 2.17. The van der Waals surface area contributed by atoms with Crippen molar-refractivity contribution in [3.63, 3.8) is 0 Å². The summed E-state index contributed by atoms with van der Waals surface area (Å²) >= 11 is 0. The molecule has 1 N–H and O–H groups in total. The topological polar surface area (TPSA) is 67.2 Å². The SMILES string of the molecule is CCCN(CCC)C(=O)Cn1c(C(C)NC(=O)Cc2ccccc2C)nc2ccccc21. The van der Waals surface area contributed by atoms with Crippen LogP contribution in [-0.2, 0) is 22.6 Å². The number of rotatable bonds is 10. The van der Waals surface area contributed by atoms with E-state index in [9.17, 15) is 9.59 Å². The number of amides is 2. The van der Waals surface area contributed by atoms with E-state index in [1.54, 1.807) is 0 Å². The molecule has 1 atom stereocenters. The van der Waals surface area contributed by atoms with E-state index in [1.165, 1.54) is 0 Å². The predicted molar refractivity (Wildman–Crippen MR) is 128 cm³/mol. The first kappa shape index (κ1) is 23.5. The van der Waals surface area contributed by atoms with Gasteiger partial charge < -0.3 is 14.8 Å². The van der Waals surface area contributed by atoms with Gasteiger partial charge in [-0.2, -0.15) is 0 Å². The van der Waals surface area contributed by atoms with Crippen molar-refractivity contribution in [2.24, 2.45) is 0 Å². The molecule has 3 rings (SSSR count). The molecule has 0 saturated heterocycles. The quantitative estimate of drug-likeness (QED) is 0.514. The lowest BCUT2D eigenvalue weighted by atomic mass is 10.1. The van der Waals surface area contributed by atoms with E-state index in [-0.39, 0.29) is 24.4 Å². The molecular weight excluding hydrogens is 400 g/mol. The van der Waals surface area contributed by atoms with Crippen LogP contribution >= 0.6 is 0 Å². The number of aromatic nitrogens is 2. The Kier molecular flexibility index (Phi) is 8.03. The molecule has 170 valence electrons. The van der Waals surface area contributed by atoms with Crippen LogP contribution in [0.4, 0.5) is 0 Å². The fraction of sp³-hybridized carbons (Fsp3) is 0.423. The van der Waals surface area contributed by atoms with Crippen LogP contribution in [0.2, 0.25) is 0 Å². The lowest BCUT2D eigenvalue weighted by Crippen LogP contribution is -2.36. The highest BCUT2D eigenvalue weighted by molar-refractivity contribution is 5.82. The van der Waals surface area contributed by atoms with Gasteiger partial charge in [-0.15, -0.1) is 0 Å². The lowest BCUT2D eigenvalue weighted by Gasteiger charge is -2.23. The van der Waals surface area contributed by atoms with Crippen LogP contribution in [0.3, 0.4) is 0 Å². The number of hydrogen-bond acceptors (Lipinski definition) is 3. The second kappa shape index (κ2) is 10.9. The first-order valence-corrected chi connectivity index (χ1v) is 11.5. The highest BCUT2D eigenvalue weighted by atomic mass is 16.2. The number of nitrogens with zero attached hydrogens (tertiary/aromatic N) is 3. The molecule has 0 fully saturated rings. The van der Waals surface area contributed by atoms with Gasteiger partial charge in [0.05, 0.1) is 23.5 Å². The van der Waals surface area contributed by atoms with Crippen LogP contribution < -0.4 is 5.32 Å². The van der Waals surface area contributed by atoms with Crippen LogP contribution in [0.5, 0.6) is 0 Å². The van der Waals surface area contributed by atoms with E-state index in [4.69, 9.17) is 4.98 Å². The van der Waals surface area contributed by atoms with Crippen molar-refractivity contribution < 1.29 is 9.59 Å². The van der Waals surface area contributed by atoms with E-state index in [1.807, 2.05) is 71.8 Å². The van der Waals surface area contributed by atoms with Gasteiger partial charge in [0.2, 0.25) is 11.8 Å². The molecule has 6 heteroatoms. The predicted octanol–water partition coefficient (Wildman–Crippen LogP) is 4.41. The molecule has 0 aliphatic rings. The van der Waals surface area contributed by atoms with E-state index in [0.29, 0.717) is 12.2 Å². The minimum absolute atomic E-state index is 0.0599. The molecule has 1 heterocycles. The Balaban J connectivity index is 1.83. The summed E-state index contributed by atoms with van der Waals surface area (Å²) in [5.41, 5.74) is 3.84. The third kappa shape index (κ3) is 5.55. The second-order valence-electron chi connectivity index (χ2n) is 8.32. The Morgan fingerprint density at radius 3 is 2.38 bits per heavy atom. The minimum atomic E-state index is -0.322. The maximum absolute atomic E-state index is 13.1. The van der Waals surface area contributed by atoms with Crippen molar-refractivity contribution in [2.45, 2.75) is 59.5 Å². The first-order valence-electron chi connectivity index (χ1n) is 11.5. The van der Waals surface area contributed by atoms with Crippen molar-refractivity contribution in [1.29, 1.82) is 0 Å². The molecule has 1 unspecified atom stereocenters. The zero-order valence-electron chi connectivity index (χ0n) is 19.6. The number of nitrogens with one attached hydrogen (secondary N) is 1. The summed E-state index contributed by atoms with van der Waals surface area (Å²) in [4.78, 5) is 32.5. The molecule has 0 spiro atoms. The van der Waals surface area contributed by atoms with E-state index >= 15 is 0 Å². The molecule has 0 aliphatic heterocycles. The Bertz CT molecular complexity index is 1070. The summed E-state index contributed by atoms with van der Waals surface area (Å²) in [6, 6.07) is 15.4. The summed E-state index contributed by atoms with van der Waals surface area (Å²) in [6.45, 7) is 9.81. The highest BCUT2D eigenvalue weighted by Gasteiger charge is 2.22. The van der Waals surface area contributed by atoms with Gasteiger partial charge >= 0.3 is 0 Å². The van der Waals surface area contributed by atoms with Gasteiger partial charge in [0, 0.05) is 13.1 Å². The number of hydrogen-bond donors (Lipinski definition) is 1. The molecular formula is C26H34N4O2. The van der Waals surface area contributed by atoms with Gasteiger partial charge in [-0.05, 0) is 49.9 Å². The van der Waals surface area contributed by atoms with Gasteiger partial charge in [-0.3, -0.25) is 9.59 Å². The second-order valence-corrected chi connectivity index (χ2v) is 8.32. The highest BCUT2D eigenvalue weighted by Crippen LogP contribution is 2.21. The summed E-state index contributed by atoms with van der Waals surface area (Å²) in [5, 5.41) is 3.08. The average molecular weight is 435 g/mol. The monoisotopic (exact) mass is 434 g/mol. The number of benzene rings is 2. The van der Waals surface area contributed by atoms with Crippen LogP contribution in [-0.4, -0.2) is 39.4 Å². The number of carbonyl (C=O) groups is 2. The fourth-order valence-electron chi connectivity index (χ4n) is 4.07. The molecule has 32 heavy (non-hydrogen) atoms. The molecule has 0 aliphatic carbocycles. The van der Waals surface area contributed by atoms with Crippen LogP contribution in [0.1, 0.15) is 56.6 Å². The van der Waals surface area contributed by atoms with E-state index in [0.717, 1.165) is 48.1 Å². The van der Waals surface area contributed by atoms with E-state index in [2.05, 4.69) is 19.2 Å². The van der Waals surface area contributed by atoms with Crippen molar-refractivity contribution in [1.82, 2.24) is 19.8 Å². The molecule has 1 aromatic heterocycles. The van der Waals surface area contributed by atoms with Gasteiger partial charge in [-0.1, -0.05) is 50.2 Å². The molecule has 0 radical (unpaired) electrons. The lowest BCUT2D eigenvalue weighted by molar-refractivity contribution is -0.131. The number of carbonyl (C=O) groups excluding carboxylic acids is 2. The maximum Gasteiger partial charge on any atom is 0.242 e. The Morgan fingerprint density at radius 2 is 1.69 bits per heavy atom. The van der Waals surface area contributed by atoms with Gasteiger partial charge in [-0.25, -0.2) is 4.98 Å². The zero-order valence-corrected chi connectivity index (χ0v) is 19.6. The standard InChI is InChI=1S/C26H34N4O2/c1-5-15-29(16-6-2)25(32)18-30-23-14-10-9-13-22(23)28-26(30)20(4)27-24(31)17-21-12-8-7-11-19(21)3/h7-14,20H,5-6,15-18H2,1-4H3,(H,27,31). The molecule has 0 bridgehead atoms. The minimum Gasteiger partial charge on any atom is -0.346 e. The smallest absolute Gasteiger partial charge is 0.242 e. The fourth-order valence-corrected chi connectivity index (χ4v) is 4.07. The number of imidazole rings is 1. The summed E-state index contributed by atoms with van der Waals surface area (Å²) < 4.78 is 1.95. The van der Waals surface area contributed by atoms with Gasteiger partial charge in [0.25, 0.3) is 0 Å². The zero-order chi connectivity index (χ0) is 23.1. The van der Waals surface area contributed by atoms with Crippen molar-refractivity contribution >= 4 is 22.8 Å². The Hall–Kier alpha value is -3.15. The Labute approximate surface area is 190 Å². The number of aryl methyl sites for hydroxylation is 1.